The molecule has 9 aromatic rings. The second kappa shape index (κ2) is 15.1. The first kappa shape index (κ1) is 47.4. The van der Waals surface area contributed by atoms with E-state index in [1.807, 2.05) is 0 Å². The number of fused-ring (bicyclic) bond motifs is 16. The SMILES string of the molecule is Cc1ccc2c(c1)C(C)(C)c1cc(N3c4cc5c(cc4B4c6cc7c(cc6N(c6ccc8c(c6)C(C)(C)c6cc(C)ccc6-8)c6cc(OC(F)(F)F)cc3c64)C(C)(C)c3cc(C)ccc3-7)-c3ccc(C)cc3C5(C)C)ccc1-2. The lowest BCUT2D eigenvalue weighted by molar-refractivity contribution is -0.274. The van der Waals surface area contributed by atoms with Crippen LogP contribution in [0.1, 0.15) is 122 Å². The highest BCUT2D eigenvalue weighted by Crippen LogP contribution is 2.58. The molecule has 0 saturated heterocycles. The Kier molecular flexibility index (Phi) is 9.17. The molecular formula is C71H60BF3N2O. The fourth-order valence-corrected chi connectivity index (χ4v) is 15.4. The van der Waals surface area contributed by atoms with Crippen LogP contribution in [-0.2, 0) is 21.7 Å². The summed E-state index contributed by atoms with van der Waals surface area (Å²) in [4.78, 5) is 4.54. The molecular weight excluding hydrogens is 965 g/mol. The van der Waals surface area contributed by atoms with Gasteiger partial charge in [-0.15, -0.1) is 13.2 Å². The smallest absolute Gasteiger partial charge is 0.406 e. The van der Waals surface area contributed by atoms with Gasteiger partial charge in [-0.2, -0.15) is 0 Å². The Morgan fingerprint density at radius 2 is 0.641 bits per heavy atom. The van der Waals surface area contributed by atoms with Gasteiger partial charge >= 0.3 is 6.36 Å². The van der Waals surface area contributed by atoms with Crippen LogP contribution < -0.4 is 30.9 Å². The van der Waals surface area contributed by atoms with E-state index in [1.54, 1.807) is 12.1 Å². The number of nitrogens with zero attached hydrogens (tertiary/aromatic N) is 2. The number of alkyl halides is 3. The third-order valence-corrected chi connectivity index (χ3v) is 19.3. The highest BCUT2D eigenvalue weighted by atomic mass is 19.4. The van der Waals surface area contributed by atoms with Crippen molar-refractivity contribution in [2.24, 2.45) is 0 Å². The first-order valence-corrected chi connectivity index (χ1v) is 27.6. The summed E-state index contributed by atoms with van der Waals surface area (Å²) in [6.45, 7) is 26.6. The van der Waals surface area contributed by atoms with Crippen molar-refractivity contribution in [3.63, 3.8) is 0 Å². The lowest BCUT2D eigenvalue weighted by Crippen LogP contribution is -2.61. The van der Waals surface area contributed by atoms with E-state index < -0.39 is 6.36 Å². The van der Waals surface area contributed by atoms with Crippen molar-refractivity contribution in [3.8, 4) is 50.3 Å². The number of benzene rings is 9. The number of anilines is 6. The van der Waals surface area contributed by atoms with Crippen molar-refractivity contribution in [2.45, 2.75) is 111 Å². The van der Waals surface area contributed by atoms with Gasteiger partial charge < -0.3 is 14.5 Å². The van der Waals surface area contributed by atoms with Crippen LogP contribution in [0.4, 0.5) is 47.3 Å². The molecule has 0 fully saturated rings. The summed E-state index contributed by atoms with van der Waals surface area (Å²) in [7, 11) is 0. The Labute approximate surface area is 456 Å². The average molecular weight is 1030 g/mol. The standard InChI is InChI=1S/C71H60BF3N2O/c1-37-13-19-44-46-23-17-41(29-56(46)67(5,6)52(44)25-37)76-62-35-58-50(48-21-15-39(3)27-54(48)69(58,9)10)33-60(62)72-61-34-51-49-22-16-40(4)28-55(49)70(11,12)59(51)36-63(61)77(65-32-43(78-71(73,74)75)31-64(76)66(65)72)42-18-24-47-45-20-14-38(2)26-53(45)68(7,8)57(47)30-42/h13-36H,1-12H3. The minimum absolute atomic E-state index is 0.264. The van der Waals surface area contributed by atoms with Gasteiger partial charge in [0, 0.05) is 67.9 Å². The zero-order valence-electron chi connectivity index (χ0n) is 46.4. The second-order valence-corrected chi connectivity index (χ2v) is 25.6. The third kappa shape index (κ3) is 6.19. The fraction of sp³-hybridized carbons (Fsp3) is 0.239. The molecule has 0 atom stereocenters. The molecule has 7 heteroatoms. The number of hydrogen-bond donors (Lipinski definition) is 0. The van der Waals surface area contributed by atoms with Gasteiger partial charge in [0.05, 0.1) is 0 Å². The Morgan fingerprint density at radius 3 is 0.974 bits per heavy atom. The molecule has 6 aliphatic rings. The predicted octanol–water partition coefficient (Wildman–Crippen LogP) is 17.1. The molecule has 0 unspecified atom stereocenters. The molecule has 0 bridgehead atoms. The van der Waals surface area contributed by atoms with E-state index in [2.05, 4.69) is 226 Å². The maximum absolute atomic E-state index is 15.1. The molecule has 0 N–H and O–H groups in total. The van der Waals surface area contributed by atoms with E-state index in [9.17, 15) is 0 Å². The van der Waals surface area contributed by atoms with Crippen LogP contribution in [0.2, 0.25) is 0 Å². The monoisotopic (exact) mass is 1020 g/mol. The third-order valence-electron chi connectivity index (χ3n) is 19.3. The summed E-state index contributed by atoms with van der Waals surface area (Å²) < 4.78 is 50.6. The maximum Gasteiger partial charge on any atom is 0.573 e. The number of aryl methyl sites for hydroxylation is 4. The van der Waals surface area contributed by atoms with Crippen LogP contribution in [0.5, 0.6) is 5.75 Å². The van der Waals surface area contributed by atoms with Crippen molar-refractivity contribution in [1.82, 2.24) is 0 Å². The Balaban J connectivity index is 1.07. The van der Waals surface area contributed by atoms with Crippen molar-refractivity contribution in [3.05, 3.63) is 212 Å². The van der Waals surface area contributed by atoms with Crippen molar-refractivity contribution < 1.29 is 17.9 Å². The normalized spacial score (nSPS) is 17.0. The Bertz CT molecular complexity index is 3990. The highest BCUT2D eigenvalue weighted by Gasteiger charge is 2.50. The summed E-state index contributed by atoms with van der Waals surface area (Å²) in [5.74, 6) is -0.264. The first-order chi connectivity index (χ1) is 36.9. The van der Waals surface area contributed by atoms with E-state index >= 15 is 13.2 Å². The van der Waals surface area contributed by atoms with E-state index in [0.29, 0.717) is 11.4 Å². The Morgan fingerprint density at radius 1 is 0.346 bits per heavy atom. The van der Waals surface area contributed by atoms with Gasteiger partial charge in [0.2, 0.25) is 0 Å². The molecule has 2 aliphatic heterocycles. The molecule has 0 saturated carbocycles. The molecule has 9 aromatic carbocycles. The summed E-state index contributed by atoms with van der Waals surface area (Å²) in [5, 5.41) is 0. The average Bonchev–Trinajstić information content (AvgIpc) is 3.03. The molecule has 0 aromatic heterocycles. The van der Waals surface area contributed by atoms with Crippen LogP contribution in [0.15, 0.2) is 146 Å². The topological polar surface area (TPSA) is 15.7 Å². The maximum atomic E-state index is 15.1. The van der Waals surface area contributed by atoms with Gasteiger partial charge in [-0.3, -0.25) is 0 Å². The van der Waals surface area contributed by atoms with Gasteiger partial charge in [0.15, 0.2) is 0 Å². The number of halogens is 3. The van der Waals surface area contributed by atoms with Crippen LogP contribution in [0.25, 0.3) is 44.5 Å². The number of hydrogen-bond acceptors (Lipinski definition) is 3. The van der Waals surface area contributed by atoms with Crippen LogP contribution >= 0.6 is 0 Å². The molecule has 0 radical (unpaired) electrons. The lowest BCUT2D eigenvalue weighted by Gasteiger charge is -2.45. The minimum atomic E-state index is -4.96. The summed E-state index contributed by atoms with van der Waals surface area (Å²) in [6, 6.07) is 53.5. The van der Waals surface area contributed by atoms with Gasteiger partial charge in [-0.1, -0.05) is 175 Å². The molecule has 15 rings (SSSR count). The zero-order chi connectivity index (χ0) is 54.2. The van der Waals surface area contributed by atoms with Gasteiger partial charge in [0.25, 0.3) is 6.71 Å². The minimum Gasteiger partial charge on any atom is -0.406 e. The molecule has 4 aliphatic carbocycles. The molecule has 78 heavy (non-hydrogen) atoms. The molecule has 3 nitrogen and oxygen atoms in total. The highest BCUT2D eigenvalue weighted by molar-refractivity contribution is 7.00. The van der Waals surface area contributed by atoms with Gasteiger partial charge in [-0.25, -0.2) is 0 Å². The van der Waals surface area contributed by atoms with Crippen molar-refractivity contribution in [1.29, 1.82) is 0 Å². The van der Waals surface area contributed by atoms with E-state index in [1.165, 1.54) is 111 Å². The molecule has 0 amide bonds. The molecule has 0 spiro atoms. The lowest BCUT2D eigenvalue weighted by atomic mass is 9.33. The number of ether oxygens (including phenoxy) is 1. The number of rotatable bonds is 3. The van der Waals surface area contributed by atoms with Crippen molar-refractivity contribution >= 4 is 57.2 Å². The largest absolute Gasteiger partial charge is 0.573 e. The molecule has 384 valence electrons. The van der Waals surface area contributed by atoms with E-state index in [-0.39, 0.29) is 34.1 Å². The quantitative estimate of drug-likeness (QED) is 0.164. The Hall–Kier alpha value is -7.77. The van der Waals surface area contributed by atoms with E-state index in [4.69, 9.17) is 4.74 Å². The zero-order valence-corrected chi connectivity index (χ0v) is 46.4. The summed E-state index contributed by atoms with van der Waals surface area (Å²) in [6.07, 6.45) is -4.96. The van der Waals surface area contributed by atoms with E-state index in [0.717, 1.165) is 39.1 Å². The van der Waals surface area contributed by atoms with Crippen LogP contribution in [-0.4, -0.2) is 13.1 Å². The first-order valence-electron chi connectivity index (χ1n) is 27.6. The van der Waals surface area contributed by atoms with Crippen LogP contribution in [0.3, 0.4) is 0 Å². The van der Waals surface area contributed by atoms with Crippen molar-refractivity contribution in [2.75, 3.05) is 9.80 Å². The van der Waals surface area contributed by atoms with Crippen LogP contribution in [0, 0.1) is 27.7 Å². The second-order valence-electron chi connectivity index (χ2n) is 25.6. The van der Waals surface area contributed by atoms with Gasteiger partial charge in [-0.05, 0) is 169 Å². The predicted molar refractivity (Wildman–Crippen MR) is 316 cm³/mol. The summed E-state index contributed by atoms with van der Waals surface area (Å²) >= 11 is 0. The fourth-order valence-electron chi connectivity index (χ4n) is 15.4. The molecule has 2 heterocycles. The summed E-state index contributed by atoms with van der Waals surface area (Å²) in [5.41, 5.74) is 31.0. The van der Waals surface area contributed by atoms with Gasteiger partial charge in [0.1, 0.15) is 5.75 Å².